The summed E-state index contributed by atoms with van der Waals surface area (Å²) in [4.78, 5) is 12.0. The van der Waals surface area contributed by atoms with E-state index in [4.69, 9.17) is 0 Å². The van der Waals surface area contributed by atoms with Crippen LogP contribution in [0.25, 0.3) is 0 Å². The van der Waals surface area contributed by atoms with Crippen LogP contribution in [0.2, 0.25) is 0 Å². The number of hydrogen-bond donors (Lipinski definition) is 1. The molecule has 0 aliphatic heterocycles. The van der Waals surface area contributed by atoms with Gasteiger partial charge >= 0.3 is 0 Å². The van der Waals surface area contributed by atoms with Gasteiger partial charge in [-0.05, 0) is 64.7 Å². The number of rotatable bonds is 11. The fourth-order valence-corrected chi connectivity index (χ4v) is 3.69. The molecule has 0 saturated heterocycles. The van der Waals surface area contributed by atoms with Crippen LogP contribution >= 0.6 is 0 Å². The highest BCUT2D eigenvalue weighted by Crippen LogP contribution is 2.12. The third-order valence-electron chi connectivity index (χ3n) is 4.22. The second kappa shape index (κ2) is 10.6. The van der Waals surface area contributed by atoms with Crippen molar-refractivity contribution in [1.82, 2.24) is 5.32 Å². The molecule has 0 atom stereocenters. The lowest BCUT2D eigenvalue weighted by Crippen LogP contribution is -2.30. The largest absolute Gasteiger partial charge is 0.350 e. The van der Waals surface area contributed by atoms with E-state index in [9.17, 15) is 13.2 Å². The highest BCUT2D eigenvalue weighted by Gasteiger charge is 2.14. The Hall–Kier alpha value is -1.36. The molecule has 0 unspecified atom stereocenters. The zero-order valence-electron chi connectivity index (χ0n) is 16.0. The number of carbonyl (C=O) groups excluding carboxylic acids is 1. The highest BCUT2D eigenvalue weighted by atomic mass is 32.2. The molecule has 1 aromatic carbocycles. The molecular weight excluding hydrogens is 334 g/mol. The van der Waals surface area contributed by atoms with E-state index in [0.717, 1.165) is 38.5 Å². The van der Waals surface area contributed by atoms with Crippen LogP contribution in [-0.2, 0) is 16.3 Å². The quantitative estimate of drug-likeness (QED) is 0.598. The fourth-order valence-electron chi connectivity index (χ4n) is 2.61. The summed E-state index contributed by atoms with van der Waals surface area (Å²) >= 11 is 0. The number of nitrogens with one attached hydrogen (secondary N) is 1. The van der Waals surface area contributed by atoms with Crippen molar-refractivity contribution in [2.75, 3.05) is 5.75 Å². The summed E-state index contributed by atoms with van der Waals surface area (Å²) in [6.45, 7) is 7.39. The molecule has 5 heteroatoms. The Morgan fingerprint density at radius 3 is 2.28 bits per heavy atom. The minimum Gasteiger partial charge on any atom is -0.350 e. The van der Waals surface area contributed by atoms with Gasteiger partial charge in [-0.1, -0.05) is 31.4 Å². The van der Waals surface area contributed by atoms with Crippen LogP contribution in [0, 0.1) is 0 Å². The average Bonchev–Trinajstić information content (AvgIpc) is 2.53. The minimum atomic E-state index is -2.89. The number of aryl methyl sites for hydroxylation is 1. The van der Waals surface area contributed by atoms with Crippen molar-refractivity contribution >= 4 is 15.7 Å². The molecule has 0 spiro atoms. The van der Waals surface area contributed by atoms with Gasteiger partial charge in [0.15, 0.2) is 9.84 Å². The summed E-state index contributed by atoms with van der Waals surface area (Å²) in [5.74, 6) is 0.278. The minimum absolute atomic E-state index is 0.0248. The molecule has 0 aromatic heterocycles. The number of benzene rings is 1. The van der Waals surface area contributed by atoms with Crippen molar-refractivity contribution < 1.29 is 13.2 Å². The van der Waals surface area contributed by atoms with Crippen LogP contribution in [0.15, 0.2) is 24.3 Å². The molecule has 1 N–H and O–H groups in total. The van der Waals surface area contributed by atoms with Gasteiger partial charge in [-0.3, -0.25) is 4.79 Å². The molecule has 0 bridgehead atoms. The maximum absolute atomic E-state index is 12.0. The molecule has 0 fully saturated rings. The van der Waals surface area contributed by atoms with Gasteiger partial charge in [-0.2, -0.15) is 0 Å². The summed E-state index contributed by atoms with van der Waals surface area (Å²) in [5.41, 5.74) is 1.89. The smallest absolute Gasteiger partial charge is 0.251 e. The van der Waals surface area contributed by atoms with Crippen LogP contribution < -0.4 is 5.32 Å². The molecule has 25 heavy (non-hydrogen) atoms. The van der Waals surface area contributed by atoms with E-state index >= 15 is 0 Å². The summed E-state index contributed by atoms with van der Waals surface area (Å²) < 4.78 is 23.5. The van der Waals surface area contributed by atoms with E-state index in [1.807, 2.05) is 32.0 Å². The van der Waals surface area contributed by atoms with Crippen LogP contribution in [0.1, 0.15) is 75.7 Å². The first-order valence-corrected chi connectivity index (χ1v) is 11.1. The molecule has 1 aromatic rings. The molecule has 4 nitrogen and oxygen atoms in total. The zero-order chi connectivity index (χ0) is 18.9. The molecule has 0 saturated carbocycles. The lowest BCUT2D eigenvalue weighted by atomic mass is 10.0. The number of unbranched alkanes of at least 4 members (excludes halogenated alkanes) is 4. The van der Waals surface area contributed by atoms with Gasteiger partial charge in [0.1, 0.15) is 0 Å². The van der Waals surface area contributed by atoms with Crippen molar-refractivity contribution in [3.05, 3.63) is 35.4 Å². The predicted molar refractivity (Wildman–Crippen MR) is 105 cm³/mol. The summed E-state index contributed by atoms with van der Waals surface area (Å²) in [7, 11) is -2.89. The normalized spacial score (nSPS) is 11.9. The Balaban J connectivity index is 2.27. The molecule has 0 aliphatic carbocycles. The predicted octanol–water partition coefficient (Wildman–Crippen LogP) is 4.14. The van der Waals surface area contributed by atoms with E-state index in [-0.39, 0.29) is 17.2 Å². The molecule has 142 valence electrons. The first-order valence-electron chi connectivity index (χ1n) is 9.33. The molecule has 1 rings (SSSR count). The average molecular weight is 368 g/mol. The first kappa shape index (κ1) is 21.7. The van der Waals surface area contributed by atoms with Crippen LogP contribution in [0.5, 0.6) is 0 Å². The standard InChI is InChI=1S/C20H33NO3S/c1-16(2)21-20(22)19-13-10-12-18(15-19)11-8-6-5-7-9-14-25(23,24)17(3)4/h10,12-13,15-17H,5-9,11,14H2,1-4H3,(H,21,22). The number of amides is 1. The van der Waals surface area contributed by atoms with Crippen molar-refractivity contribution in [1.29, 1.82) is 0 Å². The molecular formula is C20H33NO3S. The van der Waals surface area contributed by atoms with Gasteiger partial charge in [-0.15, -0.1) is 0 Å². The van der Waals surface area contributed by atoms with Gasteiger partial charge in [0.2, 0.25) is 0 Å². The molecule has 0 heterocycles. The topological polar surface area (TPSA) is 63.2 Å². The summed E-state index contributed by atoms with van der Waals surface area (Å²) in [6.07, 6.45) is 5.87. The maximum Gasteiger partial charge on any atom is 0.251 e. The van der Waals surface area contributed by atoms with Gasteiger partial charge in [0.25, 0.3) is 5.91 Å². The zero-order valence-corrected chi connectivity index (χ0v) is 16.9. The van der Waals surface area contributed by atoms with Gasteiger partial charge in [0, 0.05) is 11.6 Å². The second-order valence-corrected chi connectivity index (χ2v) is 9.94. The lowest BCUT2D eigenvalue weighted by molar-refractivity contribution is 0.0943. The SMILES string of the molecule is CC(C)NC(=O)c1cccc(CCCCCCCS(=O)(=O)C(C)C)c1. The fraction of sp³-hybridized carbons (Fsp3) is 0.650. The molecule has 1 amide bonds. The van der Waals surface area contributed by atoms with E-state index in [2.05, 4.69) is 11.4 Å². The first-order chi connectivity index (χ1) is 11.7. The highest BCUT2D eigenvalue weighted by molar-refractivity contribution is 7.91. The van der Waals surface area contributed by atoms with Gasteiger partial charge in [-0.25, -0.2) is 8.42 Å². The Morgan fingerprint density at radius 1 is 1.00 bits per heavy atom. The third kappa shape index (κ3) is 8.52. The molecule has 0 radical (unpaired) electrons. The van der Waals surface area contributed by atoms with Gasteiger partial charge < -0.3 is 5.32 Å². The second-order valence-electron chi connectivity index (χ2n) is 7.26. The monoisotopic (exact) mass is 367 g/mol. The van der Waals surface area contributed by atoms with E-state index in [1.165, 1.54) is 5.56 Å². The Kier molecular flexibility index (Phi) is 9.19. The maximum atomic E-state index is 12.0. The third-order valence-corrected chi connectivity index (χ3v) is 6.52. The Labute approximate surface area is 153 Å². The van der Waals surface area contributed by atoms with Crippen LogP contribution in [0.3, 0.4) is 0 Å². The van der Waals surface area contributed by atoms with Crippen molar-refractivity contribution in [3.63, 3.8) is 0 Å². The van der Waals surface area contributed by atoms with E-state index < -0.39 is 9.84 Å². The van der Waals surface area contributed by atoms with Crippen molar-refractivity contribution in [2.45, 2.75) is 77.5 Å². The number of carbonyl (C=O) groups is 1. The van der Waals surface area contributed by atoms with Crippen molar-refractivity contribution in [2.24, 2.45) is 0 Å². The van der Waals surface area contributed by atoms with E-state index in [0.29, 0.717) is 11.3 Å². The summed E-state index contributed by atoms with van der Waals surface area (Å²) in [5, 5.41) is 2.64. The summed E-state index contributed by atoms with van der Waals surface area (Å²) in [6, 6.07) is 7.93. The van der Waals surface area contributed by atoms with E-state index in [1.54, 1.807) is 13.8 Å². The van der Waals surface area contributed by atoms with Crippen LogP contribution in [-0.4, -0.2) is 31.4 Å². The Bertz CT molecular complexity index is 636. The molecule has 0 aliphatic rings. The van der Waals surface area contributed by atoms with Crippen molar-refractivity contribution in [3.8, 4) is 0 Å². The lowest BCUT2D eigenvalue weighted by Gasteiger charge is -2.09. The Morgan fingerprint density at radius 2 is 1.64 bits per heavy atom. The number of hydrogen-bond acceptors (Lipinski definition) is 3. The van der Waals surface area contributed by atoms with Crippen LogP contribution in [0.4, 0.5) is 0 Å². The number of sulfone groups is 1. The van der Waals surface area contributed by atoms with Gasteiger partial charge in [0.05, 0.1) is 11.0 Å².